The molecule has 5 heteroatoms. The molecule has 0 atom stereocenters. The largest absolute Gasteiger partial charge is 1.00 e. The number of rotatable bonds is 0. The smallest absolute Gasteiger partial charge is 0.626 e. The van der Waals surface area contributed by atoms with Crippen LogP contribution in [0.5, 0.6) is 0 Å². The van der Waals surface area contributed by atoms with Crippen LogP contribution in [0.1, 0.15) is 6.92 Å². The van der Waals surface area contributed by atoms with Crippen molar-refractivity contribution >= 4 is 5.91 Å². The Hall–Kier alpha value is 0.550. The average Bonchev–Trinajstić information content (AvgIpc) is 1.36. The van der Waals surface area contributed by atoms with Gasteiger partial charge in [0.05, 0.1) is 6.92 Å². The Labute approximate surface area is 62.9 Å². The van der Waals surface area contributed by atoms with Gasteiger partial charge in [-0.2, -0.15) is 0 Å². The Kier molecular flexibility index (Phi) is 7.06. The van der Waals surface area contributed by atoms with Crippen LogP contribution in [-0.4, -0.2) is 5.91 Å². The number of nitrogens with one attached hydrogen (secondary N) is 1. The van der Waals surface area contributed by atoms with Gasteiger partial charge in [-0.1, -0.05) is 0 Å². The van der Waals surface area contributed by atoms with Crippen LogP contribution in [0.2, 0.25) is 0 Å². The van der Waals surface area contributed by atoms with E-state index in [4.69, 9.17) is 0 Å². The molecule has 0 bridgehead atoms. The molecule has 0 spiro atoms. The van der Waals surface area contributed by atoms with E-state index < -0.39 is 11.1 Å². The van der Waals surface area contributed by atoms with Crippen molar-refractivity contribution in [2.45, 2.75) is 6.92 Å². The summed E-state index contributed by atoms with van der Waals surface area (Å²) in [6.45, 7) is 0.940. The monoisotopic (exact) mass is 113 g/mol. The molecule has 0 fully saturated rings. The van der Waals surface area contributed by atoms with Crippen molar-refractivity contribution in [2.75, 3.05) is 0 Å². The molecule has 1 N–H and O–H groups in total. The summed E-state index contributed by atoms with van der Waals surface area (Å²) in [6.07, 6.45) is 0. The first-order valence-corrected chi connectivity index (χ1v) is 1.36. The fourth-order valence-electron chi connectivity index (χ4n) is 0. The molecular weight excluding hydrogens is 109 g/mol. The zero-order chi connectivity index (χ0) is 5.15. The van der Waals surface area contributed by atoms with Gasteiger partial charge in [0, 0.05) is 0 Å². The van der Waals surface area contributed by atoms with E-state index in [9.17, 15) is 15.2 Å². The van der Waals surface area contributed by atoms with Crippen LogP contribution in [-0.2, 0) is 4.79 Å². The third-order valence-electron chi connectivity index (χ3n) is 0.287. The molecule has 0 aliphatic heterocycles. The van der Waals surface area contributed by atoms with Gasteiger partial charge >= 0.3 is 35.5 Å². The van der Waals surface area contributed by atoms with E-state index in [1.807, 2.05) is 0 Å². The van der Waals surface area contributed by atoms with E-state index in [0.29, 0.717) is 0 Å². The zero-order valence-corrected chi connectivity index (χ0v) is 6.22. The second kappa shape index (κ2) is 4.70. The van der Waals surface area contributed by atoms with Crippen LogP contribution in [0.25, 0.3) is 0 Å². The maximum atomic E-state index is 9.48. The third kappa shape index (κ3) is 6.55. The average molecular weight is 113 g/mol. The van der Waals surface area contributed by atoms with Crippen molar-refractivity contribution in [3.63, 3.8) is 0 Å². The summed E-state index contributed by atoms with van der Waals surface area (Å²) in [5, 5.41) is 16.8. The molecule has 7 heavy (non-hydrogen) atoms. The van der Waals surface area contributed by atoms with Gasteiger partial charge in [-0.05, 0) is 0 Å². The molecule has 1 amide bonds. The molecule has 0 rings (SSSR count). The molecule has 0 heterocycles. The Bertz CT molecular complexity index is 64.0. The number of carbonyl (C=O) groups is 1. The van der Waals surface area contributed by atoms with Gasteiger partial charge in [-0.3, -0.25) is 0 Å². The quantitative estimate of drug-likeness (QED) is 0.254. The van der Waals surface area contributed by atoms with E-state index in [0.717, 1.165) is 6.92 Å². The molecule has 36 valence electrons. The van der Waals surface area contributed by atoms with E-state index in [1.165, 1.54) is 0 Å². The van der Waals surface area contributed by atoms with E-state index in [1.54, 1.807) is 0 Å². The van der Waals surface area contributed by atoms with Gasteiger partial charge in [0.25, 0.3) is 0 Å². The summed E-state index contributed by atoms with van der Waals surface area (Å²) in [7, 11) is 0. The first-order chi connectivity index (χ1) is 2.64. The molecule has 0 unspecified atom stereocenters. The van der Waals surface area contributed by atoms with E-state index in [2.05, 4.69) is 0 Å². The molecular formula is C2H4NNaO3. The van der Waals surface area contributed by atoms with Gasteiger partial charge in [0.1, 0.15) is 0 Å². The SMILES string of the molecule is CC(=O)[NH+]([O-])[O-].[Na+]. The minimum atomic E-state index is -1.63. The summed E-state index contributed by atoms with van der Waals surface area (Å²) < 4.78 is 0. The summed E-state index contributed by atoms with van der Waals surface area (Å²) in [5.74, 6) is -0.935. The van der Waals surface area contributed by atoms with Gasteiger partial charge in [0.15, 0.2) is 0 Å². The second-order valence-electron chi connectivity index (χ2n) is 0.844. The molecule has 0 aliphatic rings. The number of carbonyl (C=O) groups excluding carboxylic acids is 1. The van der Waals surface area contributed by atoms with Crippen molar-refractivity contribution in [3.05, 3.63) is 10.4 Å². The Morgan fingerprint density at radius 1 is 1.57 bits per heavy atom. The van der Waals surface area contributed by atoms with Crippen LogP contribution in [0.3, 0.4) is 0 Å². The van der Waals surface area contributed by atoms with Crippen molar-refractivity contribution in [2.24, 2.45) is 0 Å². The second-order valence-corrected chi connectivity index (χ2v) is 0.844. The van der Waals surface area contributed by atoms with E-state index in [-0.39, 0.29) is 29.6 Å². The number of amides is 1. The summed E-state index contributed by atoms with van der Waals surface area (Å²) in [6, 6.07) is 0. The Balaban J connectivity index is 0. The third-order valence-corrected chi connectivity index (χ3v) is 0.287. The number of hydrogen-bond acceptors (Lipinski definition) is 3. The predicted octanol–water partition coefficient (Wildman–Crippen LogP) is -4.58. The molecule has 0 saturated carbocycles. The van der Waals surface area contributed by atoms with Gasteiger partial charge in [-0.25, -0.2) is 4.79 Å². The molecule has 0 aliphatic carbocycles. The van der Waals surface area contributed by atoms with Crippen LogP contribution < -0.4 is 34.8 Å². The molecule has 0 aromatic heterocycles. The Morgan fingerprint density at radius 2 is 1.71 bits per heavy atom. The topological polar surface area (TPSA) is 67.6 Å². The number of quaternary nitrogens is 1. The minimum absolute atomic E-state index is 0. The van der Waals surface area contributed by atoms with Gasteiger partial charge < -0.3 is 15.6 Å². The normalized spacial score (nSPS) is 8.00. The maximum absolute atomic E-state index is 9.48. The van der Waals surface area contributed by atoms with Crippen LogP contribution in [0, 0.1) is 10.4 Å². The van der Waals surface area contributed by atoms with Crippen molar-refractivity contribution in [1.82, 2.24) is 0 Å². The minimum Gasteiger partial charge on any atom is -0.626 e. The van der Waals surface area contributed by atoms with Crippen LogP contribution in [0.4, 0.5) is 0 Å². The molecule has 0 radical (unpaired) electrons. The number of hydroxylamine groups is 2. The van der Waals surface area contributed by atoms with Crippen LogP contribution in [0.15, 0.2) is 0 Å². The number of hydrogen-bond donors (Lipinski definition) is 1. The first-order valence-electron chi connectivity index (χ1n) is 1.36. The first kappa shape index (κ1) is 10.5. The van der Waals surface area contributed by atoms with Gasteiger partial charge in [-0.15, -0.1) is 0 Å². The van der Waals surface area contributed by atoms with E-state index >= 15 is 0 Å². The molecule has 4 nitrogen and oxygen atoms in total. The van der Waals surface area contributed by atoms with Gasteiger partial charge in [0.2, 0.25) is 0 Å². The van der Waals surface area contributed by atoms with Crippen molar-refractivity contribution in [3.8, 4) is 0 Å². The zero-order valence-electron chi connectivity index (χ0n) is 4.22. The van der Waals surface area contributed by atoms with Crippen molar-refractivity contribution < 1.29 is 39.6 Å². The summed E-state index contributed by atoms with van der Waals surface area (Å²) >= 11 is 0. The molecule has 0 saturated heterocycles. The molecule has 0 aromatic carbocycles. The predicted molar refractivity (Wildman–Crippen MR) is 18.4 cm³/mol. The summed E-state index contributed by atoms with van der Waals surface area (Å²) in [4.78, 5) is 9.48. The fourth-order valence-corrected chi connectivity index (χ4v) is 0. The van der Waals surface area contributed by atoms with Crippen LogP contribution >= 0.6 is 0 Å². The molecule has 0 aromatic rings. The Morgan fingerprint density at radius 3 is 1.71 bits per heavy atom. The standard InChI is InChI=1S/C2H4NO3.Na/c1-2(4)3(5)6;/h3H,1H3;/q-1;+1. The van der Waals surface area contributed by atoms with Crippen molar-refractivity contribution in [1.29, 1.82) is 0 Å². The fraction of sp³-hybridized carbons (Fsp3) is 0.500. The summed E-state index contributed by atoms with van der Waals surface area (Å²) in [5.41, 5.74) is 0. The maximum Gasteiger partial charge on any atom is 1.00 e.